The Bertz CT molecular complexity index is 852. The lowest BCUT2D eigenvalue weighted by Crippen LogP contribution is -2.35. The fourth-order valence-corrected chi connectivity index (χ4v) is 3.64. The Morgan fingerprint density at radius 3 is 2.61 bits per heavy atom. The van der Waals surface area contributed by atoms with Gasteiger partial charge in [0.15, 0.2) is 11.5 Å². The van der Waals surface area contributed by atoms with Crippen molar-refractivity contribution in [3.8, 4) is 17.2 Å². The summed E-state index contributed by atoms with van der Waals surface area (Å²) < 4.78 is 16.7. The lowest BCUT2D eigenvalue weighted by atomic mass is 10.00. The molecule has 0 atom stereocenters. The summed E-state index contributed by atoms with van der Waals surface area (Å²) in [6, 6.07) is 9.19. The van der Waals surface area contributed by atoms with E-state index in [2.05, 4.69) is 13.8 Å². The van der Waals surface area contributed by atoms with Gasteiger partial charge in [0.05, 0.1) is 31.5 Å². The van der Waals surface area contributed by atoms with E-state index in [1.807, 2.05) is 18.2 Å². The van der Waals surface area contributed by atoms with E-state index in [1.165, 1.54) is 0 Å². The molecule has 0 aliphatic carbocycles. The Morgan fingerprint density at radius 1 is 1.18 bits per heavy atom. The Labute approximate surface area is 171 Å². The molecule has 0 fully saturated rings. The van der Waals surface area contributed by atoms with Crippen LogP contribution in [0.25, 0.3) is 0 Å². The van der Waals surface area contributed by atoms with Crippen molar-refractivity contribution < 1.29 is 19.0 Å². The number of ether oxygens (including phenoxy) is 3. The maximum absolute atomic E-state index is 13.3. The first-order chi connectivity index (χ1) is 13.5. The van der Waals surface area contributed by atoms with E-state index >= 15 is 0 Å². The number of amides is 1. The third-order valence-corrected chi connectivity index (χ3v) is 4.96. The highest BCUT2D eigenvalue weighted by Crippen LogP contribution is 2.40. The van der Waals surface area contributed by atoms with Gasteiger partial charge in [-0.2, -0.15) is 0 Å². The first-order valence-corrected chi connectivity index (χ1v) is 9.82. The van der Waals surface area contributed by atoms with Crippen LogP contribution in [-0.4, -0.2) is 33.3 Å². The van der Waals surface area contributed by atoms with Crippen LogP contribution in [0.15, 0.2) is 30.3 Å². The standard InChI is InChI=1S/C22H26ClNO4/c1-14(2)13-28-21-17(23)11-16(12-19(21)27-4)22(25)24-10-6-8-15-7-5-9-18(26-3)20(15)24/h5,7,9,11-12,14H,6,8,10,13H2,1-4H3. The molecule has 0 bridgehead atoms. The number of halogens is 1. The van der Waals surface area contributed by atoms with E-state index in [0.717, 1.165) is 24.1 Å². The number of nitrogens with zero attached hydrogens (tertiary/aromatic N) is 1. The van der Waals surface area contributed by atoms with Crippen LogP contribution in [0.3, 0.4) is 0 Å². The molecule has 28 heavy (non-hydrogen) atoms. The van der Waals surface area contributed by atoms with Crippen LogP contribution in [-0.2, 0) is 6.42 Å². The predicted octanol–water partition coefficient (Wildman–Crippen LogP) is 4.99. The number of methoxy groups -OCH3 is 2. The second-order valence-corrected chi connectivity index (χ2v) is 7.63. The molecule has 0 aromatic heterocycles. The molecular formula is C22H26ClNO4. The zero-order valence-corrected chi connectivity index (χ0v) is 17.5. The Hall–Kier alpha value is -2.40. The summed E-state index contributed by atoms with van der Waals surface area (Å²) in [6.45, 7) is 5.25. The molecule has 1 amide bonds. The predicted molar refractivity (Wildman–Crippen MR) is 111 cm³/mol. The minimum absolute atomic E-state index is 0.138. The molecule has 0 saturated carbocycles. The van der Waals surface area contributed by atoms with E-state index in [4.69, 9.17) is 25.8 Å². The van der Waals surface area contributed by atoms with Crippen LogP contribution in [0.4, 0.5) is 5.69 Å². The van der Waals surface area contributed by atoms with Crippen molar-refractivity contribution in [2.24, 2.45) is 5.92 Å². The van der Waals surface area contributed by atoms with Gasteiger partial charge in [-0.1, -0.05) is 37.6 Å². The van der Waals surface area contributed by atoms with Gasteiger partial charge < -0.3 is 19.1 Å². The van der Waals surface area contributed by atoms with Crippen molar-refractivity contribution >= 4 is 23.2 Å². The molecule has 5 nitrogen and oxygen atoms in total. The minimum atomic E-state index is -0.138. The molecule has 0 saturated heterocycles. The smallest absolute Gasteiger partial charge is 0.258 e. The second-order valence-electron chi connectivity index (χ2n) is 7.22. The highest BCUT2D eigenvalue weighted by Gasteiger charge is 2.28. The summed E-state index contributed by atoms with van der Waals surface area (Å²) in [7, 11) is 3.16. The molecular weight excluding hydrogens is 378 g/mol. The first-order valence-electron chi connectivity index (χ1n) is 9.44. The number of carbonyl (C=O) groups excluding carboxylic acids is 1. The quantitative estimate of drug-likeness (QED) is 0.682. The summed E-state index contributed by atoms with van der Waals surface area (Å²) >= 11 is 6.44. The van der Waals surface area contributed by atoms with E-state index in [-0.39, 0.29) is 5.91 Å². The molecule has 0 radical (unpaired) electrons. The molecule has 150 valence electrons. The van der Waals surface area contributed by atoms with Crippen molar-refractivity contribution in [1.29, 1.82) is 0 Å². The van der Waals surface area contributed by atoms with Crippen molar-refractivity contribution in [2.45, 2.75) is 26.7 Å². The monoisotopic (exact) mass is 403 g/mol. The van der Waals surface area contributed by atoms with Gasteiger partial charge in [-0.25, -0.2) is 0 Å². The number of hydrogen-bond donors (Lipinski definition) is 0. The second kappa shape index (κ2) is 8.74. The van der Waals surface area contributed by atoms with Crippen molar-refractivity contribution in [1.82, 2.24) is 0 Å². The van der Waals surface area contributed by atoms with E-state index in [9.17, 15) is 4.79 Å². The Kier molecular flexibility index (Phi) is 6.35. The topological polar surface area (TPSA) is 48.0 Å². The van der Waals surface area contributed by atoms with Crippen LogP contribution in [0.2, 0.25) is 5.02 Å². The number of carbonyl (C=O) groups is 1. The maximum Gasteiger partial charge on any atom is 0.258 e. The highest BCUT2D eigenvalue weighted by atomic mass is 35.5. The Morgan fingerprint density at radius 2 is 1.93 bits per heavy atom. The normalized spacial score (nSPS) is 13.3. The molecule has 2 aromatic rings. The lowest BCUT2D eigenvalue weighted by Gasteiger charge is -2.31. The minimum Gasteiger partial charge on any atom is -0.495 e. The Balaban J connectivity index is 1.97. The van der Waals surface area contributed by atoms with Gasteiger partial charge in [0.1, 0.15) is 5.75 Å². The number of para-hydroxylation sites is 1. The highest BCUT2D eigenvalue weighted by molar-refractivity contribution is 6.33. The third kappa shape index (κ3) is 4.04. The van der Waals surface area contributed by atoms with Gasteiger partial charge in [0.2, 0.25) is 0 Å². The van der Waals surface area contributed by atoms with Crippen molar-refractivity contribution in [3.05, 3.63) is 46.5 Å². The SMILES string of the molecule is COc1cc(C(=O)N2CCCc3cccc(OC)c32)cc(Cl)c1OCC(C)C. The summed E-state index contributed by atoms with van der Waals surface area (Å²) in [6.07, 6.45) is 1.81. The zero-order chi connectivity index (χ0) is 20.3. The fraction of sp³-hybridized carbons (Fsp3) is 0.409. The number of anilines is 1. The number of aryl methyl sites for hydroxylation is 1. The van der Waals surface area contributed by atoms with Crippen LogP contribution in [0, 0.1) is 5.92 Å². The average Bonchev–Trinajstić information content (AvgIpc) is 2.70. The van der Waals surface area contributed by atoms with E-state index in [1.54, 1.807) is 31.3 Å². The molecule has 2 aromatic carbocycles. The largest absolute Gasteiger partial charge is 0.495 e. The molecule has 0 unspecified atom stereocenters. The van der Waals surface area contributed by atoms with Crippen LogP contribution in [0.5, 0.6) is 17.2 Å². The number of benzene rings is 2. The summed E-state index contributed by atoms with van der Waals surface area (Å²) in [4.78, 5) is 15.1. The van der Waals surface area contributed by atoms with Gasteiger partial charge in [-0.3, -0.25) is 4.79 Å². The van der Waals surface area contributed by atoms with Crippen LogP contribution < -0.4 is 19.1 Å². The third-order valence-electron chi connectivity index (χ3n) is 4.68. The van der Waals surface area contributed by atoms with Gasteiger partial charge in [-0.15, -0.1) is 0 Å². The molecule has 1 heterocycles. The summed E-state index contributed by atoms with van der Waals surface area (Å²) in [5.41, 5.74) is 2.39. The maximum atomic E-state index is 13.3. The summed E-state index contributed by atoms with van der Waals surface area (Å²) in [5, 5.41) is 0.362. The van der Waals surface area contributed by atoms with Crippen molar-refractivity contribution in [3.63, 3.8) is 0 Å². The van der Waals surface area contributed by atoms with E-state index < -0.39 is 0 Å². The van der Waals surface area contributed by atoms with Gasteiger partial charge in [-0.05, 0) is 42.5 Å². The van der Waals surface area contributed by atoms with Gasteiger partial charge >= 0.3 is 0 Å². The number of fused-ring (bicyclic) bond motifs is 1. The number of rotatable bonds is 6. The molecule has 0 N–H and O–H groups in total. The van der Waals surface area contributed by atoms with Crippen LogP contribution in [0.1, 0.15) is 36.2 Å². The molecule has 0 spiro atoms. The molecule has 6 heteroatoms. The van der Waals surface area contributed by atoms with Crippen LogP contribution >= 0.6 is 11.6 Å². The molecule has 1 aliphatic rings. The van der Waals surface area contributed by atoms with Gasteiger partial charge in [0, 0.05) is 12.1 Å². The summed E-state index contributed by atoms with van der Waals surface area (Å²) in [5.74, 6) is 1.82. The average molecular weight is 404 g/mol. The molecule has 3 rings (SSSR count). The lowest BCUT2D eigenvalue weighted by molar-refractivity contribution is 0.0984. The van der Waals surface area contributed by atoms with Crippen molar-refractivity contribution in [2.75, 3.05) is 32.3 Å². The van der Waals surface area contributed by atoms with E-state index in [0.29, 0.717) is 46.9 Å². The molecule has 1 aliphatic heterocycles. The van der Waals surface area contributed by atoms with Gasteiger partial charge in [0.25, 0.3) is 5.91 Å². The fourth-order valence-electron chi connectivity index (χ4n) is 3.37. The first kappa shape index (κ1) is 20.3. The zero-order valence-electron chi connectivity index (χ0n) is 16.8. The number of hydrogen-bond acceptors (Lipinski definition) is 4.